The summed E-state index contributed by atoms with van der Waals surface area (Å²) in [6.07, 6.45) is 5.75. The van der Waals surface area contributed by atoms with Crippen LogP contribution in [0.4, 0.5) is 11.6 Å². The van der Waals surface area contributed by atoms with Gasteiger partial charge >= 0.3 is 0 Å². The number of amides is 1. The number of carbonyl (C=O) groups is 1. The predicted octanol–water partition coefficient (Wildman–Crippen LogP) is 0.150. The lowest BCUT2D eigenvalue weighted by Gasteiger charge is -2.35. The third-order valence-electron chi connectivity index (χ3n) is 5.44. The number of morpholine rings is 1. The molecule has 0 aromatic carbocycles. The lowest BCUT2D eigenvalue weighted by molar-refractivity contribution is -0.123. The van der Waals surface area contributed by atoms with E-state index in [0.717, 1.165) is 83.3 Å². The van der Waals surface area contributed by atoms with E-state index in [2.05, 4.69) is 36.5 Å². The molecule has 0 spiro atoms. The van der Waals surface area contributed by atoms with Gasteiger partial charge in [-0.05, 0) is 32.2 Å². The molecule has 0 bridgehead atoms. The minimum atomic E-state index is -0.0163. The normalized spacial score (nSPS) is 26.8. The number of hydrogen-bond donors (Lipinski definition) is 2. The standard InChI is InChI=1S/C18H28N6O2/c25-18(15-4-1-5-19-15)22-14-3-2-6-24(12-14)17-11-16(20-13-21-17)23-7-9-26-10-8-23/h11,13-15,19H,1-10,12H2,(H,22,25). The molecular weight excluding hydrogens is 332 g/mol. The summed E-state index contributed by atoms with van der Waals surface area (Å²) in [6.45, 7) is 5.93. The maximum Gasteiger partial charge on any atom is 0.237 e. The highest BCUT2D eigenvalue weighted by Gasteiger charge is 2.27. The van der Waals surface area contributed by atoms with Crippen molar-refractivity contribution in [3.8, 4) is 0 Å². The Labute approximate surface area is 154 Å². The van der Waals surface area contributed by atoms with Crippen LogP contribution in [-0.2, 0) is 9.53 Å². The predicted molar refractivity (Wildman–Crippen MR) is 99.5 cm³/mol. The molecule has 1 aromatic rings. The maximum absolute atomic E-state index is 12.4. The van der Waals surface area contributed by atoms with Crippen molar-refractivity contribution in [3.63, 3.8) is 0 Å². The van der Waals surface area contributed by atoms with Gasteiger partial charge < -0.3 is 25.2 Å². The van der Waals surface area contributed by atoms with Crippen molar-refractivity contribution in [3.05, 3.63) is 12.4 Å². The van der Waals surface area contributed by atoms with Gasteiger partial charge in [-0.15, -0.1) is 0 Å². The molecule has 4 heterocycles. The maximum atomic E-state index is 12.4. The van der Waals surface area contributed by atoms with Gasteiger partial charge in [-0.2, -0.15) is 0 Å². The molecule has 1 amide bonds. The molecule has 4 rings (SSSR count). The minimum Gasteiger partial charge on any atom is -0.378 e. The molecule has 3 aliphatic heterocycles. The van der Waals surface area contributed by atoms with Gasteiger partial charge in [0.05, 0.1) is 19.3 Å². The molecule has 0 radical (unpaired) electrons. The Morgan fingerprint density at radius 2 is 1.92 bits per heavy atom. The number of piperidine rings is 1. The van der Waals surface area contributed by atoms with E-state index >= 15 is 0 Å². The van der Waals surface area contributed by atoms with Crippen LogP contribution in [0.25, 0.3) is 0 Å². The molecule has 8 heteroatoms. The Morgan fingerprint density at radius 3 is 2.69 bits per heavy atom. The summed E-state index contributed by atoms with van der Waals surface area (Å²) < 4.78 is 5.42. The van der Waals surface area contributed by atoms with Crippen molar-refractivity contribution in [2.75, 3.05) is 55.7 Å². The van der Waals surface area contributed by atoms with Crippen LogP contribution in [0.3, 0.4) is 0 Å². The number of nitrogens with one attached hydrogen (secondary N) is 2. The summed E-state index contributed by atoms with van der Waals surface area (Å²) in [7, 11) is 0. The Bertz CT molecular complexity index is 615. The first-order valence-electron chi connectivity index (χ1n) is 9.73. The van der Waals surface area contributed by atoms with Gasteiger partial charge in [0.2, 0.25) is 5.91 Å². The monoisotopic (exact) mass is 360 g/mol. The van der Waals surface area contributed by atoms with Gasteiger partial charge in [0.15, 0.2) is 0 Å². The van der Waals surface area contributed by atoms with E-state index in [-0.39, 0.29) is 18.0 Å². The second kappa shape index (κ2) is 8.18. The first-order valence-corrected chi connectivity index (χ1v) is 9.73. The summed E-state index contributed by atoms with van der Waals surface area (Å²) in [6, 6.07) is 2.23. The number of anilines is 2. The van der Waals surface area contributed by atoms with Gasteiger partial charge in [0.25, 0.3) is 0 Å². The molecule has 2 atom stereocenters. The van der Waals surface area contributed by atoms with Gasteiger partial charge in [-0.25, -0.2) is 9.97 Å². The van der Waals surface area contributed by atoms with Gasteiger partial charge in [-0.3, -0.25) is 4.79 Å². The van der Waals surface area contributed by atoms with E-state index in [0.29, 0.717) is 0 Å². The molecule has 0 aliphatic carbocycles. The third kappa shape index (κ3) is 4.07. The lowest BCUT2D eigenvalue weighted by atomic mass is 10.0. The molecule has 2 N–H and O–H groups in total. The zero-order valence-corrected chi connectivity index (χ0v) is 15.2. The zero-order chi connectivity index (χ0) is 17.8. The highest BCUT2D eigenvalue weighted by Crippen LogP contribution is 2.22. The van der Waals surface area contributed by atoms with Crippen molar-refractivity contribution in [2.45, 2.75) is 37.8 Å². The van der Waals surface area contributed by atoms with Crippen LogP contribution in [0.1, 0.15) is 25.7 Å². The number of aromatic nitrogens is 2. The fourth-order valence-electron chi connectivity index (χ4n) is 3.99. The molecule has 3 aliphatic rings. The average molecular weight is 360 g/mol. The average Bonchev–Trinajstić information content (AvgIpc) is 3.24. The second-order valence-electron chi connectivity index (χ2n) is 7.28. The van der Waals surface area contributed by atoms with Crippen molar-refractivity contribution in [1.29, 1.82) is 0 Å². The lowest BCUT2D eigenvalue weighted by Crippen LogP contribution is -2.52. The van der Waals surface area contributed by atoms with E-state index < -0.39 is 0 Å². The van der Waals surface area contributed by atoms with Crippen LogP contribution in [0, 0.1) is 0 Å². The molecular formula is C18H28N6O2. The summed E-state index contributed by atoms with van der Waals surface area (Å²) in [5.74, 6) is 2.05. The van der Waals surface area contributed by atoms with Crippen molar-refractivity contribution >= 4 is 17.5 Å². The minimum absolute atomic E-state index is 0.0163. The Kier molecular flexibility index (Phi) is 5.50. The summed E-state index contributed by atoms with van der Waals surface area (Å²) in [5.41, 5.74) is 0. The Morgan fingerprint density at radius 1 is 1.12 bits per heavy atom. The number of nitrogens with zero attached hydrogens (tertiary/aromatic N) is 4. The van der Waals surface area contributed by atoms with Crippen molar-refractivity contribution < 1.29 is 9.53 Å². The molecule has 3 fully saturated rings. The van der Waals surface area contributed by atoms with E-state index in [1.807, 2.05) is 0 Å². The van der Waals surface area contributed by atoms with Gasteiger partial charge in [0, 0.05) is 38.3 Å². The van der Waals surface area contributed by atoms with Gasteiger partial charge in [-0.1, -0.05) is 0 Å². The van der Waals surface area contributed by atoms with Crippen molar-refractivity contribution in [2.24, 2.45) is 0 Å². The molecule has 26 heavy (non-hydrogen) atoms. The van der Waals surface area contributed by atoms with E-state index in [1.165, 1.54) is 0 Å². The number of carbonyl (C=O) groups excluding carboxylic acids is 1. The van der Waals surface area contributed by atoms with Crippen molar-refractivity contribution in [1.82, 2.24) is 20.6 Å². The SMILES string of the molecule is O=C(NC1CCCN(c2cc(N3CCOCC3)ncn2)C1)C1CCCN1. The highest BCUT2D eigenvalue weighted by molar-refractivity contribution is 5.82. The largest absolute Gasteiger partial charge is 0.378 e. The summed E-state index contributed by atoms with van der Waals surface area (Å²) in [5, 5.41) is 6.50. The fraction of sp³-hybridized carbons (Fsp3) is 0.722. The molecule has 8 nitrogen and oxygen atoms in total. The molecule has 2 unspecified atom stereocenters. The summed E-state index contributed by atoms with van der Waals surface area (Å²) in [4.78, 5) is 25.8. The number of hydrogen-bond acceptors (Lipinski definition) is 7. The zero-order valence-electron chi connectivity index (χ0n) is 15.2. The number of ether oxygens (including phenoxy) is 1. The smallest absolute Gasteiger partial charge is 0.237 e. The van der Waals surface area contributed by atoms with Gasteiger partial charge in [0.1, 0.15) is 18.0 Å². The quantitative estimate of drug-likeness (QED) is 0.791. The van der Waals surface area contributed by atoms with Crippen LogP contribution < -0.4 is 20.4 Å². The Hall–Kier alpha value is -1.93. The van der Waals surface area contributed by atoms with E-state index in [9.17, 15) is 4.79 Å². The molecule has 3 saturated heterocycles. The second-order valence-corrected chi connectivity index (χ2v) is 7.28. The van der Waals surface area contributed by atoms with Crippen LogP contribution in [0.15, 0.2) is 12.4 Å². The van der Waals surface area contributed by atoms with Crippen LogP contribution in [0.2, 0.25) is 0 Å². The molecule has 1 aromatic heterocycles. The third-order valence-corrected chi connectivity index (χ3v) is 5.44. The first kappa shape index (κ1) is 17.5. The topological polar surface area (TPSA) is 82.6 Å². The Balaban J connectivity index is 1.38. The number of rotatable bonds is 4. The fourth-order valence-corrected chi connectivity index (χ4v) is 3.99. The highest BCUT2D eigenvalue weighted by atomic mass is 16.5. The van der Waals surface area contributed by atoms with Crippen LogP contribution in [-0.4, -0.2) is 73.9 Å². The first-order chi connectivity index (χ1) is 12.8. The van der Waals surface area contributed by atoms with E-state index in [4.69, 9.17) is 4.74 Å². The summed E-state index contributed by atoms with van der Waals surface area (Å²) >= 11 is 0. The van der Waals surface area contributed by atoms with E-state index in [1.54, 1.807) is 6.33 Å². The molecule has 142 valence electrons. The van der Waals surface area contributed by atoms with Crippen LogP contribution in [0.5, 0.6) is 0 Å². The molecule has 0 saturated carbocycles. The van der Waals surface area contributed by atoms with Crippen LogP contribution >= 0.6 is 0 Å².